The first-order valence-electron chi connectivity index (χ1n) is 7.57. The molecule has 0 aliphatic carbocycles. The number of carbonyl (C=O) groups excluding carboxylic acids is 1. The maximum atomic E-state index is 13.7. The van der Waals surface area contributed by atoms with E-state index in [1.54, 1.807) is 30.0 Å². The molecule has 0 fully saturated rings. The number of benzene rings is 3. The lowest BCUT2D eigenvalue weighted by atomic mass is 10.1. The van der Waals surface area contributed by atoms with Gasteiger partial charge in [0.05, 0.1) is 12.1 Å². The summed E-state index contributed by atoms with van der Waals surface area (Å²) in [7, 11) is 0. The zero-order valence-electron chi connectivity index (χ0n) is 12.9. The lowest BCUT2D eigenvalue weighted by Gasteiger charge is -2.11. The van der Waals surface area contributed by atoms with Gasteiger partial charge in [0.1, 0.15) is 5.82 Å². The fourth-order valence-corrected chi connectivity index (χ4v) is 3.21. The molecule has 1 N–H and O–H groups in total. The summed E-state index contributed by atoms with van der Waals surface area (Å²) >= 11 is 1.58. The van der Waals surface area contributed by atoms with Crippen LogP contribution in [0.3, 0.4) is 0 Å². The number of para-hydroxylation sites is 1. The van der Waals surface area contributed by atoms with Crippen LogP contribution in [0.15, 0.2) is 88.7 Å². The molecule has 0 bridgehead atoms. The molecule has 0 heterocycles. The Morgan fingerprint density at radius 3 is 2.33 bits per heavy atom. The van der Waals surface area contributed by atoms with E-state index in [2.05, 4.69) is 5.32 Å². The van der Waals surface area contributed by atoms with Crippen molar-refractivity contribution < 1.29 is 9.18 Å². The van der Waals surface area contributed by atoms with Crippen molar-refractivity contribution >= 4 is 23.4 Å². The summed E-state index contributed by atoms with van der Waals surface area (Å²) in [5, 5.41) is 2.88. The monoisotopic (exact) mass is 337 g/mol. The highest BCUT2D eigenvalue weighted by Crippen LogP contribution is 2.33. The first kappa shape index (κ1) is 16.3. The molecule has 0 saturated heterocycles. The number of carbonyl (C=O) groups is 1. The highest BCUT2D eigenvalue weighted by molar-refractivity contribution is 7.99. The van der Waals surface area contributed by atoms with Crippen LogP contribution in [0.5, 0.6) is 0 Å². The molecule has 0 spiro atoms. The Morgan fingerprint density at radius 1 is 0.875 bits per heavy atom. The van der Waals surface area contributed by atoms with E-state index in [0.29, 0.717) is 5.56 Å². The second kappa shape index (κ2) is 7.79. The van der Waals surface area contributed by atoms with Crippen molar-refractivity contribution in [1.29, 1.82) is 0 Å². The largest absolute Gasteiger partial charge is 0.325 e. The topological polar surface area (TPSA) is 29.1 Å². The van der Waals surface area contributed by atoms with Crippen molar-refractivity contribution in [3.8, 4) is 0 Å². The minimum Gasteiger partial charge on any atom is -0.325 e. The molecule has 24 heavy (non-hydrogen) atoms. The highest BCUT2D eigenvalue weighted by atomic mass is 32.2. The van der Waals surface area contributed by atoms with E-state index in [9.17, 15) is 9.18 Å². The van der Waals surface area contributed by atoms with Crippen LogP contribution in [0, 0.1) is 5.82 Å². The quantitative estimate of drug-likeness (QED) is 0.697. The van der Waals surface area contributed by atoms with Gasteiger partial charge >= 0.3 is 0 Å². The zero-order chi connectivity index (χ0) is 16.8. The molecule has 3 rings (SSSR count). The first-order valence-corrected chi connectivity index (χ1v) is 8.39. The summed E-state index contributed by atoms with van der Waals surface area (Å²) in [5.41, 5.74) is 1.12. The third kappa shape index (κ3) is 4.24. The molecule has 2 nitrogen and oxygen atoms in total. The van der Waals surface area contributed by atoms with E-state index in [-0.39, 0.29) is 18.1 Å². The summed E-state index contributed by atoms with van der Waals surface area (Å²) in [5.74, 6) is -0.596. The van der Waals surface area contributed by atoms with Crippen LogP contribution < -0.4 is 5.32 Å². The van der Waals surface area contributed by atoms with Gasteiger partial charge in [0, 0.05) is 9.79 Å². The van der Waals surface area contributed by atoms with E-state index in [1.165, 1.54) is 6.07 Å². The number of hydrogen-bond donors (Lipinski definition) is 1. The molecule has 3 aromatic rings. The van der Waals surface area contributed by atoms with Gasteiger partial charge in [-0.3, -0.25) is 4.79 Å². The van der Waals surface area contributed by atoms with Gasteiger partial charge in [0.15, 0.2) is 0 Å². The summed E-state index contributed by atoms with van der Waals surface area (Å²) in [6.07, 6.45) is 0.0109. The van der Waals surface area contributed by atoms with Crippen LogP contribution in [0.1, 0.15) is 5.56 Å². The third-order valence-electron chi connectivity index (χ3n) is 3.44. The molecule has 1 amide bonds. The number of anilines is 1. The molecule has 4 heteroatoms. The summed E-state index contributed by atoms with van der Waals surface area (Å²) in [6, 6.07) is 23.9. The molecule has 0 atom stereocenters. The number of halogens is 1. The fraction of sp³-hybridized carbons (Fsp3) is 0.0500. The van der Waals surface area contributed by atoms with Crippen molar-refractivity contribution in [1.82, 2.24) is 0 Å². The molecular formula is C20H16FNOS. The van der Waals surface area contributed by atoms with Crippen molar-refractivity contribution in [2.75, 3.05) is 5.32 Å². The number of hydrogen-bond acceptors (Lipinski definition) is 2. The van der Waals surface area contributed by atoms with Gasteiger partial charge in [-0.1, -0.05) is 60.3 Å². The number of amides is 1. The summed E-state index contributed by atoms with van der Waals surface area (Å²) in [6.45, 7) is 0. The van der Waals surface area contributed by atoms with Gasteiger partial charge in [0.2, 0.25) is 5.91 Å². The Balaban J connectivity index is 1.73. The zero-order valence-corrected chi connectivity index (χ0v) is 13.7. The van der Waals surface area contributed by atoms with Crippen LogP contribution in [0.25, 0.3) is 0 Å². The Labute approximate surface area is 144 Å². The van der Waals surface area contributed by atoms with Gasteiger partial charge < -0.3 is 5.32 Å². The predicted octanol–water partition coefficient (Wildman–Crippen LogP) is 5.16. The molecule has 0 unspecified atom stereocenters. The number of rotatable bonds is 5. The van der Waals surface area contributed by atoms with Crippen molar-refractivity contribution in [2.24, 2.45) is 0 Å². The van der Waals surface area contributed by atoms with Gasteiger partial charge in [-0.05, 0) is 35.9 Å². The SMILES string of the molecule is O=C(Cc1ccccc1F)Nc1ccccc1Sc1ccccc1. The standard InChI is InChI=1S/C20H16FNOS/c21-17-11-5-4-8-15(17)14-20(23)22-18-12-6-7-13-19(18)24-16-9-2-1-3-10-16/h1-13H,14H2,(H,22,23). The fourth-order valence-electron chi connectivity index (χ4n) is 2.28. The van der Waals surface area contributed by atoms with Gasteiger partial charge in [-0.2, -0.15) is 0 Å². The van der Waals surface area contributed by atoms with E-state index in [4.69, 9.17) is 0 Å². The molecule has 0 saturated carbocycles. The molecule has 120 valence electrons. The number of nitrogens with one attached hydrogen (secondary N) is 1. The highest BCUT2D eigenvalue weighted by Gasteiger charge is 2.10. The summed E-state index contributed by atoms with van der Waals surface area (Å²) < 4.78 is 13.7. The molecule has 0 aliphatic rings. The molecule has 3 aromatic carbocycles. The lowest BCUT2D eigenvalue weighted by molar-refractivity contribution is -0.115. The van der Waals surface area contributed by atoms with Crippen molar-refractivity contribution in [3.05, 3.63) is 90.2 Å². The van der Waals surface area contributed by atoms with Crippen LogP contribution in [-0.2, 0) is 11.2 Å². The average molecular weight is 337 g/mol. The van der Waals surface area contributed by atoms with Crippen LogP contribution in [-0.4, -0.2) is 5.91 Å². The maximum Gasteiger partial charge on any atom is 0.228 e. The summed E-state index contributed by atoms with van der Waals surface area (Å²) in [4.78, 5) is 14.3. The molecular weight excluding hydrogens is 321 g/mol. The second-order valence-corrected chi connectivity index (χ2v) is 6.34. The van der Waals surface area contributed by atoms with E-state index in [0.717, 1.165) is 15.5 Å². The Bertz CT molecular complexity index is 836. The molecule has 0 aliphatic heterocycles. The smallest absolute Gasteiger partial charge is 0.228 e. The maximum absolute atomic E-state index is 13.7. The Hall–Kier alpha value is -2.59. The molecule has 0 radical (unpaired) electrons. The normalized spacial score (nSPS) is 10.4. The first-order chi connectivity index (χ1) is 11.7. The minimum atomic E-state index is -0.361. The van der Waals surface area contributed by atoms with Crippen molar-refractivity contribution in [2.45, 2.75) is 16.2 Å². The second-order valence-electron chi connectivity index (χ2n) is 5.23. The molecule has 0 aromatic heterocycles. The van der Waals surface area contributed by atoms with Crippen LogP contribution >= 0.6 is 11.8 Å². The van der Waals surface area contributed by atoms with Crippen LogP contribution in [0.2, 0.25) is 0 Å². The van der Waals surface area contributed by atoms with E-state index < -0.39 is 0 Å². The average Bonchev–Trinajstić information content (AvgIpc) is 2.60. The Morgan fingerprint density at radius 2 is 1.54 bits per heavy atom. The lowest BCUT2D eigenvalue weighted by Crippen LogP contribution is -2.15. The minimum absolute atomic E-state index is 0.0109. The van der Waals surface area contributed by atoms with Gasteiger partial charge in [-0.25, -0.2) is 4.39 Å². The van der Waals surface area contributed by atoms with E-state index >= 15 is 0 Å². The van der Waals surface area contributed by atoms with E-state index in [1.807, 2.05) is 54.6 Å². The predicted molar refractivity (Wildman–Crippen MR) is 95.7 cm³/mol. The van der Waals surface area contributed by atoms with Gasteiger partial charge in [-0.15, -0.1) is 0 Å². The van der Waals surface area contributed by atoms with Gasteiger partial charge in [0.25, 0.3) is 0 Å². The third-order valence-corrected chi connectivity index (χ3v) is 4.52. The van der Waals surface area contributed by atoms with Crippen LogP contribution in [0.4, 0.5) is 10.1 Å². The van der Waals surface area contributed by atoms with Crippen molar-refractivity contribution in [3.63, 3.8) is 0 Å². The Kier molecular flexibility index (Phi) is 5.29.